The lowest BCUT2D eigenvalue weighted by molar-refractivity contribution is -0.694. The summed E-state index contributed by atoms with van der Waals surface area (Å²) in [6.07, 6.45) is 4.59. The molecule has 0 aromatic carbocycles. The number of rotatable bonds is 0. The minimum atomic E-state index is 0.652. The van der Waals surface area contributed by atoms with Crippen LogP contribution in [0, 0.1) is 0 Å². The van der Waals surface area contributed by atoms with Crippen LogP contribution in [0.5, 0.6) is 0 Å². The highest BCUT2D eigenvalue weighted by molar-refractivity contribution is 4.50. The van der Waals surface area contributed by atoms with Crippen molar-refractivity contribution >= 4 is 0 Å². The molecule has 0 aromatic rings. The molecule has 0 aliphatic carbocycles. The predicted molar refractivity (Wildman–Crippen MR) is 28.2 cm³/mol. The fourth-order valence-electron chi connectivity index (χ4n) is 0.861. The molecule has 1 fully saturated rings. The zero-order valence-corrected chi connectivity index (χ0v) is 6.94. The molecule has 1 rings (SSSR count). The van der Waals surface area contributed by atoms with Crippen molar-refractivity contribution in [1.29, 1.82) is 0 Å². The van der Waals surface area contributed by atoms with Crippen LogP contribution in [-0.4, -0.2) is 8.35 Å². The summed E-state index contributed by atoms with van der Waals surface area (Å²) in [6.45, 7) is 2.41. The standard InChI is InChI=1S/C6H12I/c1-6-4-2-3-5-7-6/h6H,2-5H2,1H3/q+1/t6-/m1/s1. The van der Waals surface area contributed by atoms with E-state index in [0.29, 0.717) is 21.2 Å². The van der Waals surface area contributed by atoms with Crippen molar-refractivity contribution in [2.24, 2.45) is 0 Å². The average molecular weight is 211 g/mol. The van der Waals surface area contributed by atoms with E-state index in [0.717, 1.165) is 3.92 Å². The second kappa shape index (κ2) is 2.90. The Morgan fingerprint density at radius 3 is 2.57 bits per heavy atom. The molecule has 0 unspecified atom stereocenters. The van der Waals surface area contributed by atoms with Gasteiger partial charge in [-0.15, -0.1) is 0 Å². The molecule has 0 spiro atoms. The Balaban J connectivity index is 2.12. The normalized spacial score (nSPS) is 33.0. The van der Waals surface area contributed by atoms with Gasteiger partial charge >= 0.3 is 0 Å². The van der Waals surface area contributed by atoms with Gasteiger partial charge < -0.3 is 0 Å². The van der Waals surface area contributed by atoms with E-state index in [1.165, 1.54) is 19.3 Å². The molecule has 0 N–H and O–H groups in total. The topological polar surface area (TPSA) is 0 Å². The van der Waals surface area contributed by atoms with Gasteiger partial charge in [-0.05, 0) is 26.2 Å². The molecule has 0 saturated carbocycles. The number of hydrogen-bond acceptors (Lipinski definition) is 0. The van der Waals surface area contributed by atoms with Crippen LogP contribution >= 0.6 is 0 Å². The Kier molecular flexibility index (Phi) is 2.43. The van der Waals surface area contributed by atoms with Gasteiger partial charge in [0.05, 0.1) is 0 Å². The Labute approximate surface area is 55.9 Å². The van der Waals surface area contributed by atoms with E-state index in [9.17, 15) is 0 Å². The molecule has 1 aliphatic rings. The maximum Gasteiger partial charge on any atom is 0.271 e. The monoisotopic (exact) mass is 211 g/mol. The average Bonchev–Trinajstić information content (AvgIpc) is 1.69. The summed E-state index contributed by atoms with van der Waals surface area (Å²) in [5, 5.41) is 0. The first-order valence-electron chi connectivity index (χ1n) is 2.97. The molecule has 7 heavy (non-hydrogen) atoms. The summed E-state index contributed by atoms with van der Waals surface area (Å²) in [5.41, 5.74) is 0. The molecule has 0 nitrogen and oxygen atoms in total. The Morgan fingerprint density at radius 1 is 1.43 bits per heavy atom. The van der Waals surface area contributed by atoms with Crippen LogP contribution in [0.2, 0.25) is 0 Å². The minimum Gasteiger partial charge on any atom is -0.0450 e. The minimum absolute atomic E-state index is 0.652. The summed E-state index contributed by atoms with van der Waals surface area (Å²) >= 11 is 0.652. The summed E-state index contributed by atoms with van der Waals surface area (Å²) in [6, 6.07) is 0. The van der Waals surface area contributed by atoms with E-state index in [1.54, 1.807) is 4.43 Å². The van der Waals surface area contributed by atoms with Gasteiger partial charge in [0, 0.05) is 0 Å². The van der Waals surface area contributed by atoms with Crippen LogP contribution in [0.1, 0.15) is 26.2 Å². The van der Waals surface area contributed by atoms with E-state index < -0.39 is 0 Å². The maximum absolute atomic E-state index is 2.41. The molecule has 1 heterocycles. The largest absolute Gasteiger partial charge is 0.271 e. The Hall–Kier alpha value is 0.730. The summed E-state index contributed by atoms with van der Waals surface area (Å²) in [4.78, 5) is 0. The van der Waals surface area contributed by atoms with E-state index in [1.807, 2.05) is 0 Å². The van der Waals surface area contributed by atoms with Gasteiger partial charge in [-0.2, -0.15) is 0 Å². The highest BCUT2D eigenvalue weighted by Crippen LogP contribution is 1.96. The third-order valence-corrected chi connectivity index (χ3v) is 4.87. The van der Waals surface area contributed by atoms with E-state index in [2.05, 4.69) is 6.92 Å². The van der Waals surface area contributed by atoms with Crippen LogP contribution in [-0.2, 0) is 0 Å². The van der Waals surface area contributed by atoms with Crippen molar-refractivity contribution in [2.75, 3.05) is 4.43 Å². The second-order valence-electron chi connectivity index (χ2n) is 2.12. The fraction of sp³-hybridized carbons (Fsp3) is 1.00. The molecule has 0 radical (unpaired) electrons. The van der Waals surface area contributed by atoms with Crippen molar-refractivity contribution in [2.45, 2.75) is 30.1 Å². The number of alkyl halides is 2. The first kappa shape index (κ1) is 5.86. The molecule has 1 aliphatic heterocycles. The molecular weight excluding hydrogens is 199 g/mol. The summed E-state index contributed by atoms with van der Waals surface area (Å²) < 4.78 is 2.74. The van der Waals surface area contributed by atoms with Crippen LogP contribution in [0.15, 0.2) is 0 Å². The van der Waals surface area contributed by atoms with Gasteiger partial charge in [0.15, 0.2) is 3.92 Å². The SMILES string of the molecule is C[C@@H]1CCCC[I+]1. The number of hydrogen-bond donors (Lipinski definition) is 0. The van der Waals surface area contributed by atoms with Gasteiger partial charge in [-0.25, -0.2) is 0 Å². The van der Waals surface area contributed by atoms with E-state index in [4.69, 9.17) is 0 Å². The first-order chi connectivity index (χ1) is 3.39. The smallest absolute Gasteiger partial charge is 0.0450 e. The quantitative estimate of drug-likeness (QED) is 0.343. The molecule has 0 aromatic heterocycles. The van der Waals surface area contributed by atoms with Crippen molar-refractivity contribution in [3.05, 3.63) is 0 Å². The molecule has 0 amide bonds. The lowest BCUT2D eigenvalue weighted by atomic mass is 10.2. The molecule has 42 valence electrons. The Morgan fingerprint density at radius 2 is 2.29 bits per heavy atom. The first-order valence-corrected chi connectivity index (χ1v) is 5.74. The highest BCUT2D eigenvalue weighted by Gasteiger charge is 2.21. The van der Waals surface area contributed by atoms with Crippen molar-refractivity contribution in [3.8, 4) is 0 Å². The van der Waals surface area contributed by atoms with Crippen LogP contribution in [0.3, 0.4) is 0 Å². The summed E-state index contributed by atoms with van der Waals surface area (Å²) in [5.74, 6) is 0. The van der Waals surface area contributed by atoms with Crippen molar-refractivity contribution in [3.63, 3.8) is 0 Å². The molecule has 1 atom stereocenters. The van der Waals surface area contributed by atoms with Gasteiger partial charge in [-0.3, -0.25) is 0 Å². The third-order valence-electron chi connectivity index (χ3n) is 1.36. The van der Waals surface area contributed by atoms with Gasteiger partial charge in [0.1, 0.15) is 4.43 Å². The molecule has 1 heteroatoms. The van der Waals surface area contributed by atoms with Crippen molar-refractivity contribution in [1.82, 2.24) is 0 Å². The lowest BCUT2D eigenvalue weighted by Crippen LogP contribution is -3.66. The Bertz CT molecular complexity index is 46.1. The molecular formula is C6H12I+. The van der Waals surface area contributed by atoms with E-state index >= 15 is 0 Å². The van der Waals surface area contributed by atoms with Crippen LogP contribution in [0.25, 0.3) is 0 Å². The predicted octanol–water partition coefficient (Wildman–Crippen LogP) is -1.35. The molecule has 1 saturated heterocycles. The van der Waals surface area contributed by atoms with E-state index in [-0.39, 0.29) is 0 Å². The van der Waals surface area contributed by atoms with Gasteiger partial charge in [0.25, 0.3) is 21.2 Å². The maximum atomic E-state index is 2.41. The lowest BCUT2D eigenvalue weighted by Gasteiger charge is -2.02. The van der Waals surface area contributed by atoms with Crippen LogP contribution in [0.4, 0.5) is 0 Å². The third kappa shape index (κ3) is 1.98. The highest BCUT2D eigenvalue weighted by atomic mass is 127. The zero-order chi connectivity index (χ0) is 5.11. The van der Waals surface area contributed by atoms with Gasteiger partial charge in [0.2, 0.25) is 0 Å². The van der Waals surface area contributed by atoms with Gasteiger partial charge in [-0.1, -0.05) is 0 Å². The number of halogens is 1. The van der Waals surface area contributed by atoms with Crippen LogP contribution < -0.4 is 21.2 Å². The summed E-state index contributed by atoms with van der Waals surface area (Å²) in [7, 11) is 0. The fourth-order valence-corrected chi connectivity index (χ4v) is 3.78. The second-order valence-corrected chi connectivity index (χ2v) is 6.21. The molecule has 0 bridgehead atoms. The van der Waals surface area contributed by atoms with Crippen molar-refractivity contribution < 1.29 is 21.2 Å². The zero-order valence-electron chi connectivity index (χ0n) is 4.78.